The van der Waals surface area contributed by atoms with Gasteiger partial charge >= 0.3 is 0 Å². The maximum absolute atomic E-state index is 12.2. The highest BCUT2D eigenvalue weighted by Crippen LogP contribution is 2.49. The van der Waals surface area contributed by atoms with Crippen LogP contribution in [-0.4, -0.2) is 35.8 Å². The summed E-state index contributed by atoms with van der Waals surface area (Å²) in [4.78, 5) is 0. The molecule has 2 bridgehead atoms. The van der Waals surface area contributed by atoms with Crippen LogP contribution < -0.4 is 0 Å². The molecule has 0 spiro atoms. The molecule has 25 heavy (non-hydrogen) atoms. The van der Waals surface area contributed by atoms with E-state index in [1.54, 1.807) is 0 Å². The van der Waals surface area contributed by atoms with E-state index in [0.717, 1.165) is 17.7 Å². The molecule has 2 nitrogen and oxygen atoms in total. The Morgan fingerprint density at radius 1 is 0.920 bits per heavy atom. The Morgan fingerprint density at radius 3 is 1.92 bits per heavy atom. The number of aliphatic hydroxyl groups is 1. The molecule has 3 heterocycles. The third-order valence-corrected chi connectivity index (χ3v) is 6.76. The second kappa shape index (κ2) is 6.59. The molecule has 132 valence electrons. The molecule has 3 aliphatic rings. The van der Waals surface area contributed by atoms with Crippen LogP contribution in [0, 0.1) is 11.8 Å². The fraction of sp³-hybridized carbons (Fsp3) is 0.478. The first kappa shape index (κ1) is 16.8. The molecule has 0 aliphatic carbocycles. The Hall–Kier alpha value is -1.64. The minimum Gasteiger partial charge on any atom is -0.380 e. The van der Waals surface area contributed by atoms with Gasteiger partial charge in [0.25, 0.3) is 0 Å². The number of benzene rings is 2. The summed E-state index contributed by atoms with van der Waals surface area (Å²) in [5, 5.41) is 12.2. The fourth-order valence-corrected chi connectivity index (χ4v) is 5.53. The van der Waals surface area contributed by atoms with Gasteiger partial charge in [0.05, 0.1) is 26.2 Å². The summed E-state index contributed by atoms with van der Waals surface area (Å²) in [5.41, 5.74) is 1.22. The van der Waals surface area contributed by atoms with Gasteiger partial charge in [0.1, 0.15) is 5.60 Å². The maximum Gasteiger partial charge on any atom is 0.123 e. The lowest BCUT2D eigenvalue weighted by molar-refractivity contribution is -0.948. The van der Waals surface area contributed by atoms with Crippen LogP contribution in [0.4, 0.5) is 0 Å². The van der Waals surface area contributed by atoms with Gasteiger partial charge in [-0.05, 0) is 23.5 Å². The number of rotatable bonds is 5. The summed E-state index contributed by atoms with van der Waals surface area (Å²) in [6.07, 6.45) is 3.74. The van der Waals surface area contributed by atoms with Crippen molar-refractivity contribution < 1.29 is 9.59 Å². The zero-order chi connectivity index (χ0) is 17.3. The smallest absolute Gasteiger partial charge is 0.123 e. The number of nitrogens with zero attached hydrogens (tertiary/aromatic N) is 1. The summed E-state index contributed by atoms with van der Waals surface area (Å²) in [6.45, 7) is 7.26. The van der Waals surface area contributed by atoms with Gasteiger partial charge in [-0.3, -0.25) is 0 Å². The zero-order valence-corrected chi connectivity index (χ0v) is 15.3. The molecule has 1 atom stereocenters. The van der Waals surface area contributed by atoms with Crippen molar-refractivity contribution in [2.45, 2.75) is 31.8 Å². The highest BCUT2D eigenvalue weighted by atomic mass is 16.3. The molecule has 2 aromatic rings. The molecule has 0 amide bonds. The van der Waals surface area contributed by atoms with Crippen LogP contribution in [-0.2, 0) is 5.60 Å². The Labute approximate surface area is 151 Å². The minimum atomic E-state index is -0.884. The molecule has 3 saturated heterocycles. The van der Waals surface area contributed by atoms with Crippen LogP contribution in [0.25, 0.3) is 0 Å². The molecule has 0 radical (unpaired) electrons. The van der Waals surface area contributed by atoms with Gasteiger partial charge in [0.2, 0.25) is 0 Å². The first-order chi connectivity index (χ1) is 12.2. The summed E-state index contributed by atoms with van der Waals surface area (Å²) in [5.74, 6) is 0.925. The van der Waals surface area contributed by atoms with E-state index in [9.17, 15) is 5.11 Å². The summed E-state index contributed by atoms with van der Waals surface area (Å²) >= 11 is 0. The van der Waals surface area contributed by atoms with Crippen molar-refractivity contribution in [3.8, 4) is 0 Å². The van der Waals surface area contributed by atoms with Gasteiger partial charge in [-0.25, -0.2) is 0 Å². The molecular weight excluding hydrogens is 306 g/mol. The number of quaternary nitrogens is 1. The molecule has 2 heteroatoms. The summed E-state index contributed by atoms with van der Waals surface area (Å²) < 4.78 is 1.21. The second-order valence-corrected chi connectivity index (χ2v) is 8.14. The van der Waals surface area contributed by atoms with Crippen LogP contribution >= 0.6 is 0 Å². The Bertz CT molecular complexity index is 644. The molecular formula is C23H30NO+. The van der Waals surface area contributed by atoms with Crippen LogP contribution in [0.5, 0.6) is 0 Å². The van der Waals surface area contributed by atoms with Crippen LogP contribution in [0.1, 0.15) is 37.3 Å². The number of piperidine rings is 3. The van der Waals surface area contributed by atoms with E-state index in [1.807, 2.05) is 12.1 Å². The largest absolute Gasteiger partial charge is 0.380 e. The van der Waals surface area contributed by atoms with Crippen molar-refractivity contribution in [3.05, 3.63) is 71.8 Å². The van der Waals surface area contributed by atoms with Crippen LogP contribution in [0.2, 0.25) is 0 Å². The van der Waals surface area contributed by atoms with E-state index in [4.69, 9.17) is 0 Å². The molecule has 1 N–H and O–H groups in total. The van der Waals surface area contributed by atoms with E-state index in [2.05, 4.69) is 55.5 Å². The topological polar surface area (TPSA) is 20.2 Å². The number of hydrogen-bond acceptors (Lipinski definition) is 1. The first-order valence-corrected chi connectivity index (χ1v) is 9.86. The van der Waals surface area contributed by atoms with Gasteiger partial charge in [-0.15, -0.1) is 0 Å². The Kier molecular flexibility index (Phi) is 4.43. The summed E-state index contributed by atoms with van der Waals surface area (Å²) in [6, 6.07) is 20.7. The van der Waals surface area contributed by atoms with Crippen molar-refractivity contribution >= 4 is 0 Å². The van der Waals surface area contributed by atoms with Crippen LogP contribution in [0.3, 0.4) is 0 Å². The van der Waals surface area contributed by atoms with E-state index in [0.29, 0.717) is 11.8 Å². The highest BCUT2D eigenvalue weighted by molar-refractivity contribution is 5.37. The average Bonchev–Trinajstić information content (AvgIpc) is 2.69. The third-order valence-electron chi connectivity index (χ3n) is 6.76. The lowest BCUT2D eigenvalue weighted by atomic mass is 9.64. The predicted octanol–water partition coefficient (Wildman–Crippen LogP) is 4.19. The molecule has 0 aromatic heterocycles. The molecule has 3 aliphatic heterocycles. The van der Waals surface area contributed by atoms with Gasteiger partial charge in [0, 0.05) is 18.8 Å². The predicted molar refractivity (Wildman–Crippen MR) is 102 cm³/mol. The third kappa shape index (κ3) is 2.82. The first-order valence-electron chi connectivity index (χ1n) is 9.86. The van der Waals surface area contributed by atoms with Gasteiger partial charge < -0.3 is 9.59 Å². The van der Waals surface area contributed by atoms with E-state index in [1.165, 1.54) is 43.4 Å². The van der Waals surface area contributed by atoms with Crippen molar-refractivity contribution in [2.24, 2.45) is 11.8 Å². The highest BCUT2D eigenvalue weighted by Gasteiger charge is 2.54. The number of hydrogen-bond donors (Lipinski definition) is 1. The van der Waals surface area contributed by atoms with Gasteiger partial charge in [-0.2, -0.15) is 0 Å². The van der Waals surface area contributed by atoms with Gasteiger partial charge in [-0.1, -0.05) is 67.6 Å². The lowest BCUT2D eigenvalue weighted by Crippen LogP contribution is -2.65. The van der Waals surface area contributed by atoms with Crippen molar-refractivity contribution in [1.29, 1.82) is 0 Å². The lowest BCUT2D eigenvalue weighted by Gasteiger charge is -2.56. The van der Waals surface area contributed by atoms with Crippen LogP contribution in [0.15, 0.2) is 60.7 Å². The normalized spacial score (nSPS) is 28.9. The Morgan fingerprint density at radius 2 is 1.44 bits per heavy atom. The SMILES string of the molecule is CCC[N+]12CCC(CC1)[C@@H](C(O)(c1ccccc1)c1ccccc1)C2. The van der Waals surface area contributed by atoms with Gasteiger partial charge in [0.15, 0.2) is 0 Å². The molecule has 3 fully saturated rings. The monoisotopic (exact) mass is 336 g/mol. The minimum absolute atomic E-state index is 0.298. The average molecular weight is 336 g/mol. The molecule has 2 aromatic carbocycles. The quantitative estimate of drug-likeness (QED) is 0.812. The van der Waals surface area contributed by atoms with E-state index in [-0.39, 0.29) is 0 Å². The van der Waals surface area contributed by atoms with Crippen molar-refractivity contribution in [1.82, 2.24) is 0 Å². The standard InChI is InChI=1S/C23H30NO/c1-2-15-24-16-13-19(14-17-24)22(18-24)23(25,20-9-5-3-6-10-20)21-11-7-4-8-12-21/h3-12,19,22,25H,2,13-18H2,1H3/q+1/t19?,22-,24?/m0/s1. The molecule has 0 saturated carbocycles. The van der Waals surface area contributed by atoms with Crippen molar-refractivity contribution in [2.75, 3.05) is 26.2 Å². The second-order valence-electron chi connectivity index (χ2n) is 8.14. The Balaban J connectivity index is 1.79. The molecule has 5 rings (SSSR count). The fourth-order valence-electron chi connectivity index (χ4n) is 5.53. The maximum atomic E-state index is 12.2. The van der Waals surface area contributed by atoms with E-state index >= 15 is 0 Å². The summed E-state index contributed by atoms with van der Waals surface area (Å²) in [7, 11) is 0. The number of fused-ring (bicyclic) bond motifs is 3. The molecule has 0 unspecified atom stereocenters. The van der Waals surface area contributed by atoms with Crippen molar-refractivity contribution in [3.63, 3.8) is 0 Å². The zero-order valence-electron chi connectivity index (χ0n) is 15.3. The van der Waals surface area contributed by atoms with E-state index < -0.39 is 5.60 Å².